The molecule has 2 aromatic carbocycles. The van der Waals surface area contributed by atoms with Crippen LogP contribution in [0.3, 0.4) is 0 Å². The van der Waals surface area contributed by atoms with E-state index in [1.54, 1.807) is 13.0 Å². The molecule has 0 aromatic heterocycles. The number of rotatable bonds is 3. The van der Waals surface area contributed by atoms with Crippen molar-refractivity contribution in [1.82, 2.24) is 0 Å². The molecule has 1 aliphatic rings. The molecule has 0 fully saturated rings. The zero-order valence-electron chi connectivity index (χ0n) is 13.6. The number of Topliss-reactive ketones (excluding diaryl/α,β-unsaturated/α-hetero) is 1. The van der Waals surface area contributed by atoms with E-state index in [0.29, 0.717) is 17.5 Å². The van der Waals surface area contributed by atoms with Crippen LogP contribution in [0.5, 0.6) is 5.75 Å². The summed E-state index contributed by atoms with van der Waals surface area (Å²) in [6, 6.07) is 6.94. The van der Waals surface area contributed by atoms with Gasteiger partial charge in [0.25, 0.3) is 0 Å². The van der Waals surface area contributed by atoms with Crippen molar-refractivity contribution in [2.24, 2.45) is 0 Å². The predicted octanol–water partition coefficient (Wildman–Crippen LogP) is 3.90. The van der Waals surface area contributed by atoms with Gasteiger partial charge in [0.15, 0.2) is 11.5 Å². The molecule has 6 heteroatoms. The van der Waals surface area contributed by atoms with E-state index in [1.807, 2.05) is 13.8 Å². The highest BCUT2D eigenvalue weighted by Crippen LogP contribution is 2.41. The maximum absolute atomic E-state index is 13.9. The maximum Gasteiger partial charge on any atom is 0.342 e. The first-order chi connectivity index (χ1) is 11.2. The van der Waals surface area contributed by atoms with Gasteiger partial charge in [0.05, 0.1) is 5.56 Å². The van der Waals surface area contributed by atoms with Gasteiger partial charge < -0.3 is 4.18 Å². The van der Waals surface area contributed by atoms with Crippen molar-refractivity contribution in [3.8, 4) is 5.75 Å². The van der Waals surface area contributed by atoms with Gasteiger partial charge in [-0.25, -0.2) is 4.39 Å². The molecule has 0 heterocycles. The summed E-state index contributed by atoms with van der Waals surface area (Å²) in [7, 11) is -4.37. The third-order valence-electron chi connectivity index (χ3n) is 4.24. The summed E-state index contributed by atoms with van der Waals surface area (Å²) in [6.45, 7) is 5.44. The number of fused-ring (bicyclic) bond motifs is 1. The van der Waals surface area contributed by atoms with E-state index in [1.165, 1.54) is 18.2 Å². The van der Waals surface area contributed by atoms with Crippen LogP contribution in [0.15, 0.2) is 35.2 Å². The van der Waals surface area contributed by atoms with Crippen LogP contribution in [0.1, 0.15) is 46.3 Å². The van der Waals surface area contributed by atoms with Gasteiger partial charge >= 0.3 is 10.1 Å². The van der Waals surface area contributed by atoms with Crippen molar-refractivity contribution in [3.05, 3.63) is 58.4 Å². The Morgan fingerprint density at radius 1 is 1.17 bits per heavy atom. The summed E-state index contributed by atoms with van der Waals surface area (Å²) >= 11 is 0. The molecule has 3 rings (SSSR count). The van der Waals surface area contributed by atoms with E-state index in [9.17, 15) is 17.6 Å². The number of carbonyl (C=O) groups is 1. The highest BCUT2D eigenvalue weighted by atomic mass is 32.2. The maximum atomic E-state index is 13.9. The van der Waals surface area contributed by atoms with Crippen LogP contribution in [0.4, 0.5) is 4.39 Å². The van der Waals surface area contributed by atoms with Gasteiger partial charge in [-0.1, -0.05) is 19.1 Å². The zero-order chi connectivity index (χ0) is 17.6. The molecular formula is C18H17FO4S. The molecule has 1 unspecified atom stereocenters. The Kier molecular flexibility index (Phi) is 3.95. The fourth-order valence-electron chi connectivity index (χ4n) is 3.14. The van der Waals surface area contributed by atoms with Gasteiger partial charge in [-0.15, -0.1) is 0 Å². The molecule has 0 N–H and O–H groups in total. The van der Waals surface area contributed by atoms with Gasteiger partial charge in [-0.3, -0.25) is 4.79 Å². The molecule has 1 atom stereocenters. The van der Waals surface area contributed by atoms with E-state index in [4.69, 9.17) is 4.18 Å². The van der Waals surface area contributed by atoms with Gasteiger partial charge in [0, 0.05) is 6.42 Å². The van der Waals surface area contributed by atoms with Crippen LogP contribution in [-0.2, 0) is 10.1 Å². The second-order valence-electron chi connectivity index (χ2n) is 6.17. The van der Waals surface area contributed by atoms with Crippen LogP contribution in [-0.4, -0.2) is 14.2 Å². The molecule has 0 bridgehead atoms. The molecule has 0 saturated heterocycles. The van der Waals surface area contributed by atoms with Crippen molar-refractivity contribution >= 4 is 15.9 Å². The minimum Gasteiger partial charge on any atom is -0.378 e. The van der Waals surface area contributed by atoms with Gasteiger partial charge in [0.1, 0.15) is 10.7 Å². The lowest BCUT2D eigenvalue weighted by molar-refractivity contribution is 0.0989. The third kappa shape index (κ3) is 2.71. The Morgan fingerprint density at radius 3 is 2.58 bits per heavy atom. The minimum atomic E-state index is -4.37. The first kappa shape index (κ1) is 16.6. The highest BCUT2D eigenvalue weighted by molar-refractivity contribution is 7.87. The molecule has 0 spiro atoms. The molecule has 126 valence electrons. The normalized spacial score (nSPS) is 17.0. The Labute approximate surface area is 140 Å². The van der Waals surface area contributed by atoms with Crippen molar-refractivity contribution in [2.75, 3.05) is 0 Å². The Bertz CT molecular complexity index is 948. The second kappa shape index (κ2) is 5.70. The van der Waals surface area contributed by atoms with Crippen LogP contribution >= 0.6 is 0 Å². The summed E-state index contributed by atoms with van der Waals surface area (Å²) in [4.78, 5) is 11.7. The lowest BCUT2D eigenvalue weighted by atomic mass is 9.98. The quantitative estimate of drug-likeness (QED) is 0.789. The third-order valence-corrected chi connectivity index (χ3v) is 5.49. The lowest BCUT2D eigenvalue weighted by Gasteiger charge is -2.13. The van der Waals surface area contributed by atoms with E-state index in [-0.39, 0.29) is 17.5 Å². The first-order valence-electron chi connectivity index (χ1n) is 7.58. The first-order valence-corrected chi connectivity index (χ1v) is 8.99. The topological polar surface area (TPSA) is 60.4 Å². The summed E-state index contributed by atoms with van der Waals surface area (Å²) < 4.78 is 44.0. The number of carbonyl (C=O) groups excluding carboxylic acids is 1. The number of aryl methyl sites for hydroxylation is 2. The Hall–Kier alpha value is -2.21. The van der Waals surface area contributed by atoms with Crippen molar-refractivity contribution in [1.29, 1.82) is 0 Å². The fraction of sp³-hybridized carbons (Fsp3) is 0.278. The standard InChI is InChI=1S/C18H17FO4S/c1-10-4-6-13(19)16(8-10)24(21,22)23-15-7-5-11(2)17-12(3)9-14(20)18(15)17/h4-8,12H,9H2,1-3H3. The number of ketones is 1. The van der Waals surface area contributed by atoms with Crippen molar-refractivity contribution in [2.45, 2.75) is 38.0 Å². The molecular weight excluding hydrogens is 331 g/mol. The average Bonchev–Trinajstić information content (AvgIpc) is 2.80. The number of benzene rings is 2. The Morgan fingerprint density at radius 2 is 1.88 bits per heavy atom. The summed E-state index contributed by atoms with van der Waals surface area (Å²) in [5.41, 5.74) is 2.60. The second-order valence-corrected chi connectivity index (χ2v) is 7.68. The Balaban J connectivity index is 2.10. The van der Waals surface area contributed by atoms with E-state index in [2.05, 4.69) is 0 Å². The highest BCUT2D eigenvalue weighted by Gasteiger charge is 2.33. The van der Waals surface area contributed by atoms with E-state index < -0.39 is 20.8 Å². The molecule has 4 nitrogen and oxygen atoms in total. The SMILES string of the molecule is Cc1ccc(F)c(S(=O)(=O)Oc2ccc(C)c3c2C(=O)CC3C)c1. The van der Waals surface area contributed by atoms with Gasteiger partial charge in [-0.2, -0.15) is 8.42 Å². The molecule has 24 heavy (non-hydrogen) atoms. The van der Waals surface area contributed by atoms with E-state index >= 15 is 0 Å². The zero-order valence-corrected chi connectivity index (χ0v) is 14.4. The van der Waals surface area contributed by atoms with Crippen LogP contribution in [0, 0.1) is 19.7 Å². The van der Waals surface area contributed by atoms with Crippen LogP contribution < -0.4 is 4.18 Å². The number of hydrogen-bond donors (Lipinski definition) is 0. The summed E-state index contributed by atoms with van der Waals surface area (Å²) in [5, 5.41) is 0. The molecule has 0 saturated carbocycles. The summed E-state index contributed by atoms with van der Waals surface area (Å²) in [5.74, 6) is -1.07. The van der Waals surface area contributed by atoms with Gasteiger partial charge in [0.2, 0.25) is 0 Å². The lowest BCUT2D eigenvalue weighted by Crippen LogP contribution is -2.14. The molecule has 0 aliphatic heterocycles. The smallest absolute Gasteiger partial charge is 0.342 e. The van der Waals surface area contributed by atoms with E-state index in [0.717, 1.165) is 17.2 Å². The summed E-state index contributed by atoms with van der Waals surface area (Å²) in [6.07, 6.45) is 0.315. The number of halogens is 1. The van der Waals surface area contributed by atoms with Crippen LogP contribution in [0.25, 0.3) is 0 Å². The van der Waals surface area contributed by atoms with Gasteiger partial charge in [-0.05, 0) is 54.7 Å². The van der Waals surface area contributed by atoms with Crippen molar-refractivity contribution < 1.29 is 21.8 Å². The molecule has 2 aromatic rings. The molecule has 1 aliphatic carbocycles. The van der Waals surface area contributed by atoms with Crippen LogP contribution in [0.2, 0.25) is 0 Å². The average molecular weight is 348 g/mol. The predicted molar refractivity (Wildman–Crippen MR) is 87.5 cm³/mol. The largest absolute Gasteiger partial charge is 0.378 e. The minimum absolute atomic E-state index is 0.00876. The monoisotopic (exact) mass is 348 g/mol. The molecule has 0 radical (unpaired) electrons. The fourth-order valence-corrected chi connectivity index (χ4v) is 4.25. The van der Waals surface area contributed by atoms with Crippen molar-refractivity contribution in [3.63, 3.8) is 0 Å². The number of hydrogen-bond acceptors (Lipinski definition) is 4. The molecule has 0 amide bonds.